The predicted molar refractivity (Wildman–Crippen MR) is 81.7 cm³/mol. The van der Waals surface area contributed by atoms with Gasteiger partial charge >= 0.3 is 0 Å². The molecule has 0 spiro atoms. The van der Waals surface area contributed by atoms with Gasteiger partial charge in [-0.15, -0.1) is 0 Å². The predicted octanol–water partition coefficient (Wildman–Crippen LogP) is 1.45. The van der Waals surface area contributed by atoms with Gasteiger partial charge in [0.2, 0.25) is 5.91 Å². The molecule has 4 nitrogen and oxygen atoms in total. The largest absolute Gasteiger partial charge is 0.354 e. The first-order valence-electron chi connectivity index (χ1n) is 7.30. The minimum atomic E-state index is -0.131. The average Bonchev–Trinajstić information content (AvgIpc) is 2.55. The van der Waals surface area contributed by atoms with E-state index in [9.17, 15) is 4.79 Å². The Kier molecular flexibility index (Phi) is 4.26. The average molecular weight is 281 g/mol. The lowest BCUT2D eigenvalue weighted by Crippen LogP contribution is -2.48. The Balaban J connectivity index is 1.50. The van der Waals surface area contributed by atoms with E-state index in [2.05, 4.69) is 27.8 Å². The van der Waals surface area contributed by atoms with E-state index in [1.165, 1.54) is 11.1 Å². The summed E-state index contributed by atoms with van der Waals surface area (Å²) in [6.45, 7) is 1.40. The Labute approximate surface area is 124 Å². The summed E-state index contributed by atoms with van der Waals surface area (Å²) in [6, 6.07) is 12.1. The first-order valence-corrected chi connectivity index (χ1v) is 7.30. The fourth-order valence-electron chi connectivity index (χ4n) is 2.64. The number of nitrogens with one attached hydrogen (secondary N) is 2. The molecule has 1 unspecified atom stereocenters. The van der Waals surface area contributed by atoms with Crippen molar-refractivity contribution < 1.29 is 4.79 Å². The van der Waals surface area contributed by atoms with Crippen LogP contribution < -0.4 is 10.6 Å². The molecular formula is C17H19N3O. The van der Waals surface area contributed by atoms with E-state index in [4.69, 9.17) is 0 Å². The number of aromatic nitrogens is 1. The number of carbonyl (C=O) groups is 1. The third-order valence-electron chi connectivity index (χ3n) is 3.83. The van der Waals surface area contributed by atoms with E-state index < -0.39 is 0 Å². The molecule has 1 aliphatic heterocycles. The zero-order valence-electron chi connectivity index (χ0n) is 11.9. The minimum absolute atomic E-state index is 0.0772. The number of benzene rings is 1. The highest BCUT2D eigenvalue weighted by molar-refractivity contribution is 5.82. The van der Waals surface area contributed by atoms with Crippen LogP contribution in [0.2, 0.25) is 0 Å². The maximum absolute atomic E-state index is 12.2. The SMILES string of the molecule is O=C(NCCc1cccnc1)C1Cc2ccccc2CN1. The fourth-order valence-corrected chi connectivity index (χ4v) is 2.64. The number of carbonyl (C=O) groups excluding carboxylic acids is 1. The molecule has 0 fully saturated rings. The van der Waals surface area contributed by atoms with Crippen molar-refractivity contribution >= 4 is 5.91 Å². The van der Waals surface area contributed by atoms with Crippen LogP contribution in [-0.4, -0.2) is 23.5 Å². The molecule has 0 aliphatic carbocycles. The van der Waals surface area contributed by atoms with Gasteiger partial charge in [-0.1, -0.05) is 30.3 Å². The molecule has 1 aromatic heterocycles. The Hall–Kier alpha value is -2.20. The number of pyridine rings is 1. The zero-order valence-corrected chi connectivity index (χ0v) is 11.9. The van der Waals surface area contributed by atoms with Crippen LogP contribution in [0.15, 0.2) is 48.8 Å². The van der Waals surface area contributed by atoms with Crippen molar-refractivity contribution in [3.05, 3.63) is 65.5 Å². The summed E-state index contributed by atoms with van der Waals surface area (Å²) < 4.78 is 0. The third kappa shape index (κ3) is 3.47. The smallest absolute Gasteiger partial charge is 0.237 e. The van der Waals surface area contributed by atoms with E-state index in [0.29, 0.717) is 6.54 Å². The molecule has 2 heterocycles. The molecule has 108 valence electrons. The number of hydrogen-bond donors (Lipinski definition) is 2. The number of rotatable bonds is 4. The molecule has 1 atom stereocenters. The summed E-state index contributed by atoms with van der Waals surface area (Å²) in [5.74, 6) is 0.0772. The van der Waals surface area contributed by atoms with Crippen molar-refractivity contribution in [3.63, 3.8) is 0 Å². The third-order valence-corrected chi connectivity index (χ3v) is 3.83. The standard InChI is InChI=1S/C17H19N3O/c21-17(19-9-7-13-4-3-8-18-11-13)16-10-14-5-1-2-6-15(14)12-20-16/h1-6,8,11,16,20H,7,9-10,12H2,(H,19,21). The molecular weight excluding hydrogens is 262 g/mol. The zero-order chi connectivity index (χ0) is 14.5. The van der Waals surface area contributed by atoms with Crippen LogP contribution in [0.4, 0.5) is 0 Å². The van der Waals surface area contributed by atoms with Crippen LogP contribution in [0.3, 0.4) is 0 Å². The van der Waals surface area contributed by atoms with Gasteiger partial charge in [0.1, 0.15) is 0 Å². The summed E-state index contributed by atoms with van der Waals surface area (Å²) in [6.07, 6.45) is 5.16. The molecule has 1 amide bonds. The Morgan fingerprint density at radius 1 is 1.24 bits per heavy atom. The van der Waals surface area contributed by atoms with Crippen LogP contribution in [0.25, 0.3) is 0 Å². The summed E-state index contributed by atoms with van der Waals surface area (Å²) in [4.78, 5) is 16.3. The highest BCUT2D eigenvalue weighted by Gasteiger charge is 2.23. The van der Waals surface area contributed by atoms with Crippen molar-refractivity contribution in [1.29, 1.82) is 0 Å². The van der Waals surface area contributed by atoms with Gasteiger partial charge < -0.3 is 10.6 Å². The lowest BCUT2D eigenvalue weighted by atomic mass is 9.95. The van der Waals surface area contributed by atoms with Crippen molar-refractivity contribution in [1.82, 2.24) is 15.6 Å². The first kappa shape index (κ1) is 13.8. The van der Waals surface area contributed by atoms with Crippen LogP contribution in [-0.2, 0) is 24.2 Å². The topological polar surface area (TPSA) is 54.0 Å². The maximum atomic E-state index is 12.2. The number of hydrogen-bond acceptors (Lipinski definition) is 3. The summed E-state index contributed by atoms with van der Waals surface area (Å²) in [5.41, 5.74) is 3.69. The molecule has 0 radical (unpaired) electrons. The minimum Gasteiger partial charge on any atom is -0.354 e. The highest BCUT2D eigenvalue weighted by Crippen LogP contribution is 2.16. The van der Waals surface area contributed by atoms with E-state index in [1.807, 2.05) is 30.5 Å². The molecule has 1 aromatic carbocycles. The maximum Gasteiger partial charge on any atom is 0.237 e. The Morgan fingerprint density at radius 3 is 2.90 bits per heavy atom. The second-order valence-corrected chi connectivity index (χ2v) is 5.31. The molecule has 2 aromatic rings. The van der Waals surface area contributed by atoms with Crippen LogP contribution in [0, 0.1) is 0 Å². The Bertz CT molecular complexity index is 612. The molecule has 0 saturated carbocycles. The number of amides is 1. The van der Waals surface area contributed by atoms with Crippen molar-refractivity contribution in [2.24, 2.45) is 0 Å². The summed E-state index contributed by atoms with van der Waals surface area (Å²) in [7, 11) is 0. The quantitative estimate of drug-likeness (QED) is 0.892. The van der Waals surface area contributed by atoms with Gasteiger partial charge in [0.25, 0.3) is 0 Å². The van der Waals surface area contributed by atoms with Gasteiger partial charge in [-0.3, -0.25) is 9.78 Å². The van der Waals surface area contributed by atoms with Crippen molar-refractivity contribution in [2.75, 3.05) is 6.54 Å². The van der Waals surface area contributed by atoms with Gasteiger partial charge in [0.05, 0.1) is 6.04 Å². The highest BCUT2D eigenvalue weighted by atomic mass is 16.2. The van der Waals surface area contributed by atoms with Crippen LogP contribution >= 0.6 is 0 Å². The molecule has 0 saturated heterocycles. The molecule has 4 heteroatoms. The Morgan fingerprint density at radius 2 is 2.10 bits per heavy atom. The van der Waals surface area contributed by atoms with E-state index in [-0.39, 0.29) is 11.9 Å². The molecule has 0 bridgehead atoms. The van der Waals surface area contributed by atoms with Gasteiger partial charge in [-0.2, -0.15) is 0 Å². The molecule has 2 N–H and O–H groups in total. The van der Waals surface area contributed by atoms with Crippen LogP contribution in [0.1, 0.15) is 16.7 Å². The first-order chi connectivity index (χ1) is 10.3. The second kappa shape index (κ2) is 6.50. The van der Waals surface area contributed by atoms with Gasteiger partial charge in [0, 0.05) is 25.5 Å². The normalized spacial score (nSPS) is 17.0. The summed E-state index contributed by atoms with van der Waals surface area (Å²) in [5, 5.41) is 6.30. The summed E-state index contributed by atoms with van der Waals surface area (Å²) >= 11 is 0. The van der Waals surface area contributed by atoms with Crippen molar-refractivity contribution in [2.45, 2.75) is 25.4 Å². The van der Waals surface area contributed by atoms with Gasteiger partial charge in [-0.25, -0.2) is 0 Å². The van der Waals surface area contributed by atoms with Gasteiger partial charge in [-0.05, 0) is 35.6 Å². The monoisotopic (exact) mass is 281 g/mol. The van der Waals surface area contributed by atoms with E-state index >= 15 is 0 Å². The lowest BCUT2D eigenvalue weighted by molar-refractivity contribution is -0.123. The van der Waals surface area contributed by atoms with Gasteiger partial charge in [0.15, 0.2) is 0 Å². The number of nitrogens with zero attached hydrogens (tertiary/aromatic N) is 1. The van der Waals surface area contributed by atoms with Crippen LogP contribution in [0.5, 0.6) is 0 Å². The van der Waals surface area contributed by atoms with E-state index in [1.54, 1.807) is 6.20 Å². The lowest BCUT2D eigenvalue weighted by Gasteiger charge is -2.25. The van der Waals surface area contributed by atoms with E-state index in [0.717, 1.165) is 24.9 Å². The molecule has 21 heavy (non-hydrogen) atoms. The second-order valence-electron chi connectivity index (χ2n) is 5.31. The molecule has 3 rings (SSSR count). The fraction of sp³-hybridized carbons (Fsp3) is 0.294. The number of fused-ring (bicyclic) bond motifs is 1. The molecule has 1 aliphatic rings. The van der Waals surface area contributed by atoms with Crippen molar-refractivity contribution in [3.8, 4) is 0 Å².